The lowest BCUT2D eigenvalue weighted by atomic mass is 10.1. The minimum Gasteiger partial charge on any atom is -0.497 e. The van der Waals surface area contributed by atoms with E-state index in [9.17, 15) is 4.79 Å². The van der Waals surface area contributed by atoms with Gasteiger partial charge in [-0.2, -0.15) is 12.6 Å². The summed E-state index contributed by atoms with van der Waals surface area (Å²) >= 11 is 4.37. The zero-order chi connectivity index (χ0) is 12.4. The fourth-order valence-corrected chi connectivity index (χ4v) is 2.48. The maximum atomic E-state index is 11.8. The van der Waals surface area contributed by atoms with Crippen LogP contribution in [-0.4, -0.2) is 29.7 Å². The number of nitrogens with zero attached hydrogens (tertiary/aromatic N) is 1. The highest BCUT2D eigenvalue weighted by Crippen LogP contribution is 2.28. The Kier molecular flexibility index (Phi) is 3.62. The van der Waals surface area contributed by atoms with E-state index in [0.29, 0.717) is 6.42 Å². The predicted octanol–water partition coefficient (Wildman–Crippen LogP) is 2.29. The van der Waals surface area contributed by atoms with E-state index in [1.54, 1.807) is 7.11 Å². The zero-order valence-electron chi connectivity index (χ0n) is 10.1. The van der Waals surface area contributed by atoms with E-state index in [4.69, 9.17) is 4.74 Å². The number of thiol groups is 1. The van der Waals surface area contributed by atoms with Crippen molar-refractivity contribution in [3.63, 3.8) is 0 Å². The van der Waals surface area contributed by atoms with Crippen LogP contribution in [0.1, 0.15) is 24.9 Å². The average molecular weight is 251 g/mol. The number of methoxy groups -OCH3 is 1. The first-order chi connectivity index (χ1) is 8.11. The Morgan fingerprint density at radius 1 is 1.41 bits per heavy atom. The molecule has 1 unspecified atom stereocenters. The van der Waals surface area contributed by atoms with Crippen molar-refractivity contribution < 1.29 is 9.53 Å². The second-order valence-corrected chi connectivity index (χ2v) is 5.08. The van der Waals surface area contributed by atoms with Crippen molar-refractivity contribution in [2.45, 2.75) is 24.6 Å². The quantitative estimate of drug-likeness (QED) is 0.835. The first kappa shape index (κ1) is 12.3. The molecule has 2 rings (SSSR count). The van der Waals surface area contributed by atoms with E-state index >= 15 is 0 Å². The van der Waals surface area contributed by atoms with Gasteiger partial charge < -0.3 is 9.64 Å². The number of ether oxygens (including phenoxy) is 1. The topological polar surface area (TPSA) is 29.5 Å². The number of rotatable bonds is 3. The lowest BCUT2D eigenvalue weighted by Gasteiger charge is -2.25. The van der Waals surface area contributed by atoms with Crippen LogP contribution in [0.15, 0.2) is 24.3 Å². The van der Waals surface area contributed by atoms with Crippen molar-refractivity contribution in [2.75, 3.05) is 13.7 Å². The van der Waals surface area contributed by atoms with E-state index in [1.807, 2.05) is 36.1 Å². The molecule has 0 aliphatic carbocycles. The van der Waals surface area contributed by atoms with Crippen LogP contribution < -0.4 is 4.74 Å². The van der Waals surface area contributed by atoms with Crippen LogP contribution in [0.2, 0.25) is 0 Å². The van der Waals surface area contributed by atoms with E-state index < -0.39 is 0 Å². The van der Waals surface area contributed by atoms with Gasteiger partial charge >= 0.3 is 0 Å². The summed E-state index contributed by atoms with van der Waals surface area (Å²) in [5, 5.41) is 0.170. The minimum atomic E-state index is 0.102. The second-order valence-electron chi connectivity index (χ2n) is 4.35. The Balaban J connectivity index is 2.13. The van der Waals surface area contributed by atoms with Gasteiger partial charge in [0, 0.05) is 18.2 Å². The minimum absolute atomic E-state index is 0.102. The molecule has 1 aromatic carbocycles. The maximum Gasteiger partial charge on any atom is 0.224 e. The van der Waals surface area contributed by atoms with Crippen LogP contribution in [-0.2, 0) is 4.79 Å². The van der Waals surface area contributed by atoms with Gasteiger partial charge in [0.25, 0.3) is 0 Å². The molecule has 1 aromatic rings. The third kappa shape index (κ3) is 2.57. The molecule has 0 spiro atoms. The molecule has 0 aromatic heterocycles. The third-order valence-corrected chi connectivity index (χ3v) is 3.55. The Hall–Kier alpha value is -1.16. The van der Waals surface area contributed by atoms with Crippen molar-refractivity contribution in [1.82, 2.24) is 4.90 Å². The SMILES string of the molecule is COc1ccc([C@H](C)N2CC(S)CC2=O)cc1. The van der Waals surface area contributed by atoms with Gasteiger partial charge in [0.1, 0.15) is 5.75 Å². The molecule has 1 amide bonds. The standard InChI is InChI=1S/C13H17NO2S/c1-9(14-8-12(17)7-13(14)15)10-3-5-11(16-2)6-4-10/h3-6,9,12,17H,7-8H2,1-2H3/t9-,12?/m0/s1. The maximum absolute atomic E-state index is 11.8. The molecule has 3 nitrogen and oxygen atoms in total. The van der Waals surface area contributed by atoms with Gasteiger partial charge in [0.05, 0.1) is 13.2 Å². The number of hydrogen-bond acceptors (Lipinski definition) is 3. The molecule has 1 aliphatic heterocycles. The molecular weight excluding hydrogens is 234 g/mol. The van der Waals surface area contributed by atoms with Gasteiger partial charge in [-0.05, 0) is 24.6 Å². The smallest absolute Gasteiger partial charge is 0.224 e. The monoisotopic (exact) mass is 251 g/mol. The van der Waals surface area contributed by atoms with Crippen LogP contribution in [0, 0.1) is 0 Å². The fraction of sp³-hybridized carbons (Fsp3) is 0.462. The van der Waals surface area contributed by atoms with E-state index in [0.717, 1.165) is 17.9 Å². The molecule has 0 radical (unpaired) electrons. The van der Waals surface area contributed by atoms with Gasteiger partial charge in [0.15, 0.2) is 0 Å². The lowest BCUT2D eigenvalue weighted by molar-refractivity contribution is -0.129. The number of likely N-dealkylation sites (tertiary alicyclic amines) is 1. The van der Waals surface area contributed by atoms with Crippen molar-refractivity contribution >= 4 is 18.5 Å². The van der Waals surface area contributed by atoms with E-state index in [-0.39, 0.29) is 17.2 Å². The van der Waals surface area contributed by atoms with E-state index in [2.05, 4.69) is 12.6 Å². The molecule has 1 aliphatic rings. The van der Waals surface area contributed by atoms with Crippen LogP contribution in [0.25, 0.3) is 0 Å². The molecule has 0 N–H and O–H groups in total. The average Bonchev–Trinajstić information content (AvgIpc) is 2.68. The van der Waals surface area contributed by atoms with Crippen molar-refractivity contribution in [3.05, 3.63) is 29.8 Å². The molecule has 4 heteroatoms. The summed E-state index contributed by atoms with van der Waals surface area (Å²) in [6.45, 7) is 2.78. The first-order valence-electron chi connectivity index (χ1n) is 5.73. The number of benzene rings is 1. The summed E-state index contributed by atoms with van der Waals surface area (Å²) in [4.78, 5) is 13.7. The summed E-state index contributed by atoms with van der Waals surface area (Å²) in [6.07, 6.45) is 0.545. The number of amides is 1. The van der Waals surface area contributed by atoms with Crippen molar-refractivity contribution in [2.24, 2.45) is 0 Å². The predicted molar refractivity (Wildman–Crippen MR) is 70.5 cm³/mol. The lowest BCUT2D eigenvalue weighted by Crippen LogP contribution is -2.28. The molecule has 1 saturated heterocycles. The summed E-state index contributed by atoms with van der Waals surface area (Å²) in [5.41, 5.74) is 1.13. The summed E-state index contributed by atoms with van der Waals surface area (Å²) < 4.78 is 5.12. The molecule has 1 fully saturated rings. The van der Waals surface area contributed by atoms with Crippen LogP contribution in [0.3, 0.4) is 0 Å². The summed E-state index contributed by atoms with van der Waals surface area (Å²) in [5.74, 6) is 1.02. The molecule has 92 valence electrons. The van der Waals surface area contributed by atoms with Gasteiger partial charge in [-0.15, -0.1) is 0 Å². The Labute approximate surface area is 107 Å². The molecule has 0 saturated carbocycles. The molecule has 17 heavy (non-hydrogen) atoms. The molecular formula is C13H17NO2S. The normalized spacial score (nSPS) is 21.7. The Bertz CT molecular complexity index is 404. The van der Waals surface area contributed by atoms with Crippen LogP contribution in [0.5, 0.6) is 5.75 Å². The first-order valence-corrected chi connectivity index (χ1v) is 6.25. The fourth-order valence-electron chi connectivity index (χ4n) is 2.15. The van der Waals surface area contributed by atoms with Gasteiger partial charge in [0.2, 0.25) is 5.91 Å². The zero-order valence-corrected chi connectivity index (χ0v) is 11.0. The van der Waals surface area contributed by atoms with Crippen LogP contribution in [0.4, 0.5) is 0 Å². The van der Waals surface area contributed by atoms with Crippen molar-refractivity contribution in [3.8, 4) is 5.75 Å². The van der Waals surface area contributed by atoms with Gasteiger partial charge in [-0.25, -0.2) is 0 Å². The molecule has 1 heterocycles. The highest BCUT2D eigenvalue weighted by atomic mass is 32.1. The molecule has 0 bridgehead atoms. The highest BCUT2D eigenvalue weighted by Gasteiger charge is 2.31. The van der Waals surface area contributed by atoms with Crippen molar-refractivity contribution in [1.29, 1.82) is 0 Å². The summed E-state index contributed by atoms with van der Waals surface area (Å²) in [6, 6.07) is 7.95. The summed E-state index contributed by atoms with van der Waals surface area (Å²) in [7, 11) is 1.65. The highest BCUT2D eigenvalue weighted by molar-refractivity contribution is 7.81. The third-order valence-electron chi connectivity index (χ3n) is 3.20. The molecule has 2 atom stereocenters. The van der Waals surface area contributed by atoms with E-state index in [1.165, 1.54) is 0 Å². The number of carbonyl (C=O) groups is 1. The Morgan fingerprint density at radius 3 is 2.53 bits per heavy atom. The second kappa shape index (κ2) is 5.00. The van der Waals surface area contributed by atoms with Crippen LogP contribution >= 0.6 is 12.6 Å². The van der Waals surface area contributed by atoms with Gasteiger partial charge in [-0.1, -0.05) is 12.1 Å². The van der Waals surface area contributed by atoms with Gasteiger partial charge in [-0.3, -0.25) is 4.79 Å². The number of carbonyl (C=O) groups excluding carboxylic acids is 1. The Morgan fingerprint density at radius 2 is 2.06 bits per heavy atom. The number of hydrogen-bond donors (Lipinski definition) is 1. The largest absolute Gasteiger partial charge is 0.497 e.